The fraction of sp³-hybridized carbons (Fsp3) is 0.941. The number of ether oxygens (including phenoxy) is 1. The van der Waals surface area contributed by atoms with Crippen LogP contribution in [0.2, 0.25) is 0 Å². The summed E-state index contributed by atoms with van der Waals surface area (Å²) in [5, 5.41) is 21.7. The van der Waals surface area contributed by atoms with E-state index < -0.39 is 17.3 Å². The minimum Gasteiger partial charge on any atom is -0.456 e. The molecule has 6 atom stereocenters. The van der Waals surface area contributed by atoms with Gasteiger partial charge < -0.3 is 14.9 Å². The van der Waals surface area contributed by atoms with Gasteiger partial charge in [-0.1, -0.05) is 34.1 Å². The van der Waals surface area contributed by atoms with Crippen molar-refractivity contribution in [2.24, 2.45) is 17.8 Å². The SMILES string of the molecule is CCCC1C(C)CC(O)(CC)C1C1(CC)OC(=O)CC1O. The Balaban J connectivity index is 2.45. The number of hydrogen-bond acceptors (Lipinski definition) is 4. The maximum absolute atomic E-state index is 11.8. The first kappa shape index (κ1) is 16.8. The van der Waals surface area contributed by atoms with Crippen LogP contribution in [0.25, 0.3) is 0 Å². The molecule has 6 unspecified atom stereocenters. The summed E-state index contributed by atoms with van der Waals surface area (Å²) in [5.74, 6) is 0.171. The first-order valence-corrected chi connectivity index (χ1v) is 8.46. The summed E-state index contributed by atoms with van der Waals surface area (Å²) in [6, 6.07) is 0. The predicted molar refractivity (Wildman–Crippen MR) is 80.6 cm³/mol. The molecular formula is C17H30O4. The molecule has 4 nitrogen and oxygen atoms in total. The normalized spacial score (nSPS) is 46.9. The van der Waals surface area contributed by atoms with Crippen LogP contribution < -0.4 is 0 Å². The summed E-state index contributed by atoms with van der Waals surface area (Å²) in [5.41, 5.74) is -1.76. The van der Waals surface area contributed by atoms with E-state index in [1.165, 1.54) is 0 Å². The van der Waals surface area contributed by atoms with E-state index in [0.717, 1.165) is 19.3 Å². The zero-order valence-electron chi connectivity index (χ0n) is 13.8. The lowest BCUT2D eigenvalue weighted by Crippen LogP contribution is -2.56. The number of carbonyl (C=O) groups is 1. The van der Waals surface area contributed by atoms with Crippen molar-refractivity contribution < 1.29 is 19.7 Å². The average molecular weight is 298 g/mol. The van der Waals surface area contributed by atoms with Crippen LogP contribution in [0.4, 0.5) is 0 Å². The van der Waals surface area contributed by atoms with Crippen LogP contribution in [0, 0.1) is 17.8 Å². The van der Waals surface area contributed by atoms with Crippen LogP contribution in [0.3, 0.4) is 0 Å². The van der Waals surface area contributed by atoms with Gasteiger partial charge in [0.1, 0.15) is 11.7 Å². The molecule has 21 heavy (non-hydrogen) atoms. The van der Waals surface area contributed by atoms with Crippen molar-refractivity contribution in [3.63, 3.8) is 0 Å². The third kappa shape index (κ3) is 2.50. The maximum atomic E-state index is 11.8. The minimum atomic E-state index is -0.910. The standard InChI is InChI=1S/C17H30O4/c1-5-8-12-11(4)10-16(20,6-2)15(12)17(7-3)13(18)9-14(19)21-17/h11-13,15,18,20H,5-10H2,1-4H3. The Kier molecular flexibility index (Phi) is 4.69. The van der Waals surface area contributed by atoms with Gasteiger partial charge in [0, 0.05) is 5.92 Å². The second-order valence-corrected chi connectivity index (χ2v) is 7.07. The van der Waals surface area contributed by atoms with Crippen LogP contribution in [0.15, 0.2) is 0 Å². The zero-order chi connectivity index (χ0) is 15.8. The molecule has 1 saturated carbocycles. The van der Waals surface area contributed by atoms with Crippen LogP contribution in [0.5, 0.6) is 0 Å². The molecule has 1 aliphatic heterocycles. The lowest BCUT2D eigenvalue weighted by Gasteiger charge is -2.45. The number of carbonyl (C=O) groups excluding carboxylic acids is 1. The fourth-order valence-corrected chi connectivity index (χ4v) is 4.98. The lowest BCUT2D eigenvalue weighted by molar-refractivity contribution is -0.182. The van der Waals surface area contributed by atoms with Crippen molar-refractivity contribution in [2.45, 2.75) is 83.5 Å². The van der Waals surface area contributed by atoms with Gasteiger partial charge in [-0.3, -0.25) is 4.79 Å². The number of aliphatic hydroxyl groups is 2. The third-order valence-corrected chi connectivity index (χ3v) is 5.95. The van der Waals surface area contributed by atoms with Gasteiger partial charge in [0.05, 0.1) is 12.0 Å². The third-order valence-electron chi connectivity index (χ3n) is 5.95. The molecule has 0 spiro atoms. The molecule has 1 heterocycles. The Morgan fingerprint density at radius 1 is 1.29 bits per heavy atom. The van der Waals surface area contributed by atoms with Gasteiger partial charge in [-0.25, -0.2) is 0 Å². The Morgan fingerprint density at radius 2 is 1.95 bits per heavy atom. The molecule has 0 aromatic heterocycles. The van der Waals surface area contributed by atoms with E-state index in [1.54, 1.807) is 0 Å². The summed E-state index contributed by atoms with van der Waals surface area (Å²) >= 11 is 0. The van der Waals surface area contributed by atoms with Crippen molar-refractivity contribution in [3.8, 4) is 0 Å². The highest BCUT2D eigenvalue weighted by Gasteiger charge is 2.64. The smallest absolute Gasteiger partial charge is 0.309 e. The summed E-state index contributed by atoms with van der Waals surface area (Å²) in [7, 11) is 0. The van der Waals surface area contributed by atoms with Gasteiger partial charge in [0.2, 0.25) is 0 Å². The molecule has 0 aromatic rings. The van der Waals surface area contributed by atoms with E-state index in [4.69, 9.17) is 4.74 Å². The lowest BCUT2D eigenvalue weighted by atomic mass is 9.67. The summed E-state index contributed by atoms with van der Waals surface area (Å²) in [6.07, 6.45) is 3.20. The van der Waals surface area contributed by atoms with E-state index in [0.29, 0.717) is 24.7 Å². The Labute approximate surface area is 127 Å². The number of cyclic esters (lactones) is 1. The van der Waals surface area contributed by atoms with Crippen molar-refractivity contribution in [1.29, 1.82) is 0 Å². The molecule has 122 valence electrons. The van der Waals surface area contributed by atoms with Crippen LogP contribution in [-0.2, 0) is 9.53 Å². The van der Waals surface area contributed by atoms with Crippen molar-refractivity contribution in [2.75, 3.05) is 0 Å². The monoisotopic (exact) mass is 298 g/mol. The van der Waals surface area contributed by atoms with Gasteiger partial charge >= 0.3 is 5.97 Å². The Hall–Kier alpha value is -0.610. The van der Waals surface area contributed by atoms with Crippen molar-refractivity contribution >= 4 is 5.97 Å². The molecule has 4 heteroatoms. The van der Waals surface area contributed by atoms with Crippen LogP contribution >= 0.6 is 0 Å². The van der Waals surface area contributed by atoms with Gasteiger partial charge in [-0.15, -0.1) is 0 Å². The topological polar surface area (TPSA) is 66.8 Å². The van der Waals surface area contributed by atoms with Crippen LogP contribution in [0.1, 0.15) is 66.2 Å². The van der Waals surface area contributed by atoms with E-state index >= 15 is 0 Å². The second kappa shape index (κ2) is 5.88. The maximum Gasteiger partial charge on any atom is 0.309 e. The fourth-order valence-electron chi connectivity index (χ4n) is 4.98. The Bertz CT molecular complexity index is 396. The first-order valence-electron chi connectivity index (χ1n) is 8.46. The van der Waals surface area contributed by atoms with Crippen LogP contribution in [-0.4, -0.2) is 33.5 Å². The molecule has 1 aliphatic carbocycles. The molecule has 0 aromatic carbocycles. The summed E-state index contributed by atoms with van der Waals surface area (Å²) in [6.45, 7) is 8.25. The second-order valence-electron chi connectivity index (χ2n) is 7.07. The van der Waals surface area contributed by atoms with Gasteiger partial charge in [-0.05, 0) is 37.5 Å². The molecule has 2 aliphatic rings. The molecule has 0 bridgehead atoms. The van der Waals surface area contributed by atoms with Gasteiger partial charge in [-0.2, -0.15) is 0 Å². The average Bonchev–Trinajstić information content (AvgIpc) is 2.86. The number of esters is 1. The number of rotatable bonds is 5. The van der Waals surface area contributed by atoms with E-state index in [9.17, 15) is 15.0 Å². The highest BCUT2D eigenvalue weighted by molar-refractivity contribution is 5.73. The molecule has 1 saturated heterocycles. The largest absolute Gasteiger partial charge is 0.456 e. The zero-order valence-corrected chi connectivity index (χ0v) is 13.8. The number of aliphatic hydroxyl groups excluding tert-OH is 1. The van der Waals surface area contributed by atoms with Crippen molar-refractivity contribution in [1.82, 2.24) is 0 Å². The number of hydrogen-bond donors (Lipinski definition) is 2. The van der Waals surface area contributed by atoms with Gasteiger partial charge in [0.15, 0.2) is 0 Å². The van der Waals surface area contributed by atoms with E-state index in [-0.39, 0.29) is 18.3 Å². The predicted octanol–water partition coefficient (Wildman–Crippen LogP) is 2.66. The summed E-state index contributed by atoms with van der Waals surface area (Å²) in [4.78, 5) is 11.8. The Morgan fingerprint density at radius 3 is 2.38 bits per heavy atom. The quantitative estimate of drug-likeness (QED) is 0.766. The molecule has 0 radical (unpaired) electrons. The highest BCUT2D eigenvalue weighted by Crippen LogP contribution is 2.56. The first-order chi connectivity index (χ1) is 9.84. The van der Waals surface area contributed by atoms with Gasteiger partial charge in [0.25, 0.3) is 0 Å². The minimum absolute atomic E-state index is 0.0529. The molecule has 2 rings (SSSR count). The molecule has 2 N–H and O–H groups in total. The molecule has 0 amide bonds. The highest BCUT2D eigenvalue weighted by atomic mass is 16.6. The van der Waals surface area contributed by atoms with E-state index in [1.807, 2.05) is 13.8 Å². The van der Waals surface area contributed by atoms with E-state index in [2.05, 4.69) is 13.8 Å². The molecule has 2 fully saturated rings. The van der Waals surface area contributed by atoms with Crippen molar-refractivity contribution in [3.05, 3.63) is 0 Å². The summed E-state index contributed by atoms with van der Waals surface area (Å²) < 4.78 is 5.67. The molecular weight excluding hydrogens is 268 g/mol.